The topological polar surface area (TPSA) is 52.3 Å². The maximum Gasteiger partial charge on any atom is 0.389 e. The van der Waals surface area contributed by atoms with Crippen molar-refractivity contribution in [3.05, 3.63) is 27.7 Å². The molecular weight excluding hydrogens is 272 g/mol. The van der Waals surface area contributed by atoms with E-state index in [4.69, 9.17) is 5.73 Å². The molecule has 2 N–H and O–H groups in total. The molecule has 0 atom stereocenters. The van der Waals surface area contributed by atoms with Crippen LogP contribution in [0.3, 0.4) is 0 Å². The zero-order valence-electron chi connectivity index (χ0n) is 7.76. The first kappa shape index (κ1) is 11.9. The molecule has 0 aromatic heterocycles. The smallest absolute Gasteiger partial charge is 0.389 e. The lowest BCUT2D eigenvalue weighted by atomic mass is 10.1. The highest BCUT2D eigenvalue weighted by Gasteiger charge is 2.17. The summed E-state index contributed by atoms with van der Waals surface area (Å²) >= 11 is 3.11. The van der Waals surface area contributed by atoms with Gasteiger partial charge in [-0.25, -0.2) is 4.79 Å². The van der Waals surface area contributed by atoms with Gasteiger partial charge in [0.2, 0.25) is 0 Å². The van der Waals surface area contributed by atoms with Crippen LogP contribution in [-0.4, -0.2) is 12.6 Å². The van der Waals surface area contributed by atoms with E-state index in [1.165, 1.54) is 6.07 Å². The van der Waals surface area contributed by atoms with E-state index in [1.807, 2.05) is 0 Å². The van der Waals surface area contributed by atoms with E-state index >= 15 is 0 Å². The lowest BCUT2D eigenvalue weighted by molar-refractivity contribution is -0.0906. The minimum Gasteiger partial charge on any atom is -0.399 e. The normalized spacial score (nSPS) is 10.5. The van der Waals surface area contributed by atoms with Crippen LogP contribution in [0, 0.1) is 6.92 Å². The van der Waals surface area contributed by atoms with E-state index in [9.17, 15) is 13.6 Å². The standard InChI is InChI=1S/C9H8BrF2NO2/c1-4-6(8(14)15-9(11)12)2-5(10)3-7(4)13/h2-3,9H,13H2,1H3. The van der Waals surface area contributed by atoms with Crippen molar-refractivity contribution in [3.63, 3.8) is 0 Å². The fourth-order valence-corrected chi connectivity index (χ4v) is 1.53. The maximum absolute atomic E-state index is 11.8. The highest BCUT2D eigenvalue weighted by Crippen LogP contribution is 2.23. The molecule has 0 bridgehead atoms. The predicted molar refractivity (Wildman–Crippen MR) is 54.7 cm³/mol. The number of carbonyl (C=O) groups excluding carboxylic acids is 1. The molecule has 0 aliphatic heterocycles. The quantitative estimate of drug-likeness (QED) is 0.669. The van der Waals surface area contributed by atoms with Crippen LogP contribution in [0.1, 0.15) is 15.9 Å². The Labute approximate surface area is 93.3 Å². The third-order valence-corrected chi connectivity index (χ3v) is 2.29. The van der Waals surface area contributed by atoms with Crippen molar-refractivity contribution < 1.29 is 18.3 Å². The second-order valence-corrected chi connectivity index (χ2v) is 3.75. The van der Waals surface area contributed by atoms with Crippen molar-refractivity contribution in [2.24, 2.45) is 0 Å². The van der Waals surface area contributed by atoms with Gasteiger partial charge < -0.3 is 10.5 Å². The number of anilines is 1. The van der Waals surface area contributed by atoms with E-state index in [0.717, 1.165) is 0 Å². The molecular formula is C9H8BrF2NO2. The van der Waals surface area contributed by atoms with Gasteiger partial charge in [-0.3, -0.25) is 0 Å². The molecule has 0 heterocycles. The van der Waals surface area contributed by atoms with E-state index in [2.05, 4.69) is 20.7 Å². The SMILES string of the molecule is Cc1c(N)cc(Br)cc1C(=O)OC(F)F. The highest BCUT2D eigenvalue weighted by atomic mass is 79.9. The number of hydrogen-bond acceptors (Lipinski definition) is 3. The molecule has 0 fully saturated rings. The average molecular weight is 280 g/mol. The zero-order chi connectivity index (χ0) is 11.6. The molecule has 1 aromatic carbocycles. The summed E-state index contributed by atoms with van der Waals surface area (Å²) < 4.78 is 27.9. The van der Waals surface area contributed by atoms with Crippen LogP contribution >= 0.6 is 15.9 Å². The summed E-state index contributed by atoms with van der Waals surface area (Å²) in [6.45, 7) is -1.57. The minimum absolute atomic E-state index is 0.0298. The van der Waals surface area contributed by atoms with Crippen LogP contribution in [0.2, 0.25) is 0 Å². The number of ether oxygens (including phenoxy) is 1. The largest absolute Gasteiger partial charge is 0.399 e. The van der Waals surface area contributed by atoms with Crippen LogP contribution in [0.25, 0.3) is 0 Å². The summed E-state index contributed by atoms with van der Waals surface area (Å²) in [7, 11) is 0. The maximum atomic E-state index is 11.8. The summed E-state index contributed by atoms with van der Waals surface area (Å²) in [6, 6.07) is 2.96. The molecule has 6 heteroatoms. The second-order valence-electron chi connectivity index (χ2n) is 2.83. The molecule has 0 saturated carbocycles. The fraction of sp³-hybridized carbons (Fsp3) is 0.222. The Morgan fingerprint density at radius 2 is 2.13 bits per heavy atom. The average Bonchev–Trinajstić information content (AvgIpc) is 2.09. The number of hydrogen-bond donors (Lipinski definition) is 1. The molecule has 0 spiro atoms. The van der Waals surface area contributed by atoms with Gasteiger partial charge in [0.1, 0.15) is 0 Å². The number of nitrogens with two attached hydrogens (primary N) is 1. The lowest BCUT2D eigenvalue weighted by Crippen LogP contribution is -2.12. The van der Waals surface area contributed by atoms with Gasteiger partial charge >= 0.3 is 12.6 Å². The van der Waals surface area contributed by atoms with Gasteiger partial charge in [-0.2, -0.15) is 8.78 Å². The van der Waals surface area contributed by atoms with Crippen LogP contribution in [-0.2, 0) is 4.74 Å². The van der Waals surface area contributed by atoms with Crippen LogP contribution in [0.5, 0.6) is 0 Å². The third-order valence-electron chi connectivity index (χ3n) is 1.83. The lowest BCUT2D eigenvalue weighted by Gasteiger charge is -2.08. The summed E-state index contributed by atoms with van der Waals surface area (Å²) in [5.74, 6) is -1.09. The Bertz CT molecular complexity index is 396. The predicted octanol–water partition coefficient (Wildman–Crippen LogP) is 2.72. The summed E-state index contributed by atoms with van der Waals surface area (Å²) in [4.78, 5) is 11.2. The first-order valence-corrected chi connectivity index (χ1v) is 4.76. The zero-order valence-corrected chi connectivity index (χ0v) is 9.35. The number of alkyl halides is 2. The van der Waals surface area contributed by atoms with Gasteiger partial charge in [0.25, 0.3) is 0 Å². The molecule has 1 rings (SSSR count). The number of rotatable bonds is 2. The van der Waals surface area contributed by atoms with Crippen LogP contribution in [0.4, 0.5) is 14.5 Å². The Hall–Kier alpha value is -1.17. The molecule has 0 aliphatic rings. The Morgan fingerprint density at radius 3 is 2.67 bits per heavy atom. The van der Waals surface area contributed by atoms with Gasteiger partial charge in [0.15, 0.2) is 0 Å². The van der Waals surface area contributed by atoms with E-state index in [1.54, 1.807) is 13.0 Å². The van der Waals surface area contributed by atoms with Crippen LogP contribution < -0.4 is 5.73 Å². The van der Waals surface area contributed by atoms with Crippen molar-refractivity contribution in [2.75, 3.05) is 5.73 Å². The van der Waals surface area contributed by atoms with E-state index in [0.29, 0.717) is 15.7 Å². The molecule has 0 unspecified atom stereocenters. The summed E-state index contributed by atoms with van der Waals surface area (Å²) in [5.41, 5.74) is 6.35. The van der Waals surface area contributed by atoms with Gasteiger partial charge in [-0.05, 0) is 24.6 Å². The highest BCUT2D eigenvalue weighted by molar-refractivity contribution is 9.10. The molecule has 0 radical (unpaired) electrons. The van der Waals surface area contributed by atoms with Crippen molar-refractivity contribution in [2.45, 2.75) is 13.5 Å². The molecule has 0 aliphatic carbocycles. The molecule has 1 aromatic rings. The van der Waals surface area contributed by atoms with Gasteiger partial charge in [-0.1, -0.05) is 15.9 Å². The summed E-state index contributed by atoms with van der Waals surface area (Å²) in [5, 5.41) is 0. The number of halogens is 3. The number of benzene rings is 1. The van der Waals surface area contributed by atoms with E-state index < -0.39 is 12.6 Å². The van der Waals surface area contributed by atoms with Crippen molar-refractivity contribution in [1.82, 2.24) is 0 Å². The number of nitrogen functional groups attached to an aromatic ring is 1. The molecule has 82 valence electrons. The van der Waals surface area contributed by atoms with E-state index in [-0.39, 0.29) is 5.56 Å². The Balaban J connectivity index is 3.08. The monoisotopic (exact) mass is 279 g/mol. The minimum atomic E-state index is -3.13. The Morgan fingerprint density at radius 1 is 1.53 bits per heavy atom. The van der Waals surface area contributed by atoms with Gasteiger partial charge in [-0.15, -0.1) is 0 Å². The first-order valence-electron chi connectivity index (χ1n) is 3.96. The molecule has 15 heavy (non-hydrogen) atoms. The van der Waals surface area contributed by atoms with Crippen molar-refractivity contribution >= 4 is 27.6 Å². The van der Waals surface area contributed by atoms with Crippen molar-refractivity contribution in [3.8, 4) is 0 Å². The van der Waals surface area contributed by atoms with Gasteiger partial charge in [0, 0.05) is 10.2 Å². The second kappa shape index (κ2) is 4.57. The number of carbonyl (C=O) groups is 1. The Kier molecular flexibility index (Phi) is 3.62. The molecule has 0 amide bonds. The number of esters is 1. The first-order chi connectivity index (χ1) is 6.91. The van der Waals surface area contributed by atoms with Crippen molar-refractivity contribution in [1.29, 1.82) is 0 Å². The molecule has 0 saturated heterocycles. The van der Waals surface area contributed by atoms with Crippen LogP contribution in [0.15, 0.2) is 16.6 Å². The molecule has 3 nitrogen and oxygen atoms in total. The summed E-state index contributed by atoms with van der Waals surface area (Å²) in [6.07, 6.45) is 0. The fourth-order valence-electron chi connectivity index (χ4n) is 1.06. The third kappa shape index (κ3) is 2.89. The van der Waals surface area contributed by atoms with Gasteiger partial charge in [0.05, 0.1) is 5.56 Å².